The minimum absolute atomic E-state index is 0.0536. The number of nitrogens with two attached hydrogens (primary N) is 1. The SMILES string of the molecule is CCC(C)C(N)C(=O)NCC(c1ccc(C(F)(F)F)cc1)N1CCOCC1. The van der Waals surface area contributed by atoms with Crippen molar-refractivity contribution in [3.63, 3.8) is 0 Å². The van der Waals surface area contributed by atoms with Gasteiger partial charge in [-0.3, -0.25) is 9.69 Å². The van der Waals surface area contributed by atoms with E-state index in [0.717, 1.165) is 24.1 Å². The van der Waals surface area contributed by atoms with E-state index < -0.39 is 17.8 Å². The van der Waals surface area contributed by atoms with Gasteiger partial charge < -0.3 is 15.8 Å². The molecule has 1 amide bonds. The molecule has 152 valence electrons. The predicted molar refractivity (Wildman–Crippen MR) is 97.0 cm³/mol. The summed E-state index contributed by atoms with van der Waals surface area (Å²) < 4.78 is 43.8. The van der Waals surface area contributed by atoms with Crippen LogP contribution in [0.15, 0.2) is 24.3 Å². The number of hydrogen-bond acceptors (Lipinski definition) is 4. The fourth-order valence-electron chi connectivity index (χ4n) is 3.07. The molecule has 0 bridgehead atoms. The molecule has 27 heavy (non-hydrogen) atoms. The van der Waals surface area contributed by atoms with Gasteiger partial charge >= 0.3 is 6.18 Å². The maximum atomic E-state index is 12.8. The maximum Gasteiger partial charge on any atom is 0.416 e. The van der Waals surface area contributed by atoms with Gasteiger partial charge in [-0.1, -0.05) is 32.4 Å². The highest BCUT2D eigenvalue weighted by molar-refractivity contribution is 5.81. The Morgan fingerprint density at radius 1 is 1.26 bits per heavy atom. The largest absolute Gasteiger partial charge is 0.416 e. The molecule has 1 fully saturated rings. The van der Waals surface area contributed by atoms with Crippen molar-refractivity contribution in [3.8, 4) is 0 Å². The van der Waals surface area contributed by atoms with Crippen LogP contribution in [0.4, 0.5) is 13.2 Å². The second-order valence-electron chi connectivity index (χ2n) is 6.94. The fraction of sp³-hybridized carbons (Fsp3) is 0.632. The number of carbonyl (C=O) groups excluding carboxylic acids is 1. The number of hydrogen-bond donors (Lipinski definition) is 2. The summed E-state index contributed by atoms with van der Waals surface area (Å²) in [5.74, 6) is -0.188. The van der Waals surface area contributed by atoms with Gasteiger partial charge in [0, 0.05) is 19.6 Å². The summed E-state index contributed by atoms with van der Waals surface area (Å²) in [6, 6.07) is 4.27. The van der Waals surface area contributed by atoms with Gasteiger partial charge in [0.1, 0.15) is 0 Å². The van der Waals surface area contributed by atoms with Crippen LogP contribution in [0.1, 0.15) is 37.4 Å². The first-order valence-electron chi connectivity index (χ1n) is 9.26. The summed E-state index contributed by atoms with van der Waals surface area (Å²) in [7, 11) is 0. The Bertz CT molecular complexity index is 601. The molecule has 3 atom stereocenters. The number of morpholine rings is 1. The normalized spacial score (nSPS) is 19.3. The molecule has 1 saturated heterocycles. The van der Waals surface area contributed by atoms with Gasteiger partial charge in [-0.25, -0.2) is 0 Å². The van der Waals surface area contributed by atoms with Crippen molar-refractivity contribution in [2.45, 2.75) is 38.5 Å². The lowest BCUT2D eigenvalue weighted by Gasteiger charge is -2.35. The Balaban J connectivity index is 2.13. The molecule has 1 aromatic rings. The van der Waals surface area contributed by atoms with Crippen molar-refractivity contribution < 1.29 is 22.7 Å². The second-order valence-corrected chi connectivity index (χ2v) is 6.94. The summed E-state index contributed by atoms with van der Waals surface area (Å²) in [6.45, 7) is 6.58. The van der Waals surface area contributed by atoms with Gasteiger partial charge in [0.15, 0.2) is 0 Å². The fourth-order valence-corrected chi connectivity index (χ4v) is 3.07. The van der Waals surface area contributed by atoms with Crippen LogP contribution in [-0.2, 0) is 15.7 Å². The highest BCUT2D eigenvalue weighted by Crippen LogP contribution is 2.31. The van der Waals surface area contributed by atoms with Crippen LogP contribution in [-0.4, -0.2) is 49.7 Å². The van der Waals surface area contributed by atoms with Crippen molar-refractivity contribution in [1.29, 1.82) is 0 Å². The molecule has 2 rings (SSSR count). The molecular weight excluding hydrogens is 359 g/mol. The number of ether oxygens (including phenoxy) is 1. The zero-order chi connectivity index (χ0) is 20.0. The van der Waals surface area contributed by atoms with Crippen molar-refractivity contribution in [2.24, 2.45) is 11.7 Å². The molecule has 5 nitrogen and oxygen atoms in total. The van der Waals surface area contributed by atoms with Crippen molar-refractivity contribution in [2.75, 3.05) is 32.8 Å². The standard InChI is InChI=1S/C19H28F3N3O2/c1-3-13(2)17(23)18(26)24-12-16(25-8-10-27-11-9-25)14-4-6-15(7-5-14)19(20,21)22/h4-7,13,16-17H,3,8-12,23H2,1-2H3,(H,24,26). The maximum absolute atomic E-state index is 12.8. The molecule has 0 saturated carbocycles. The molecule has 1 aromatic carbocycles. The highest BCUT2D eigenvalue weighted by atomic mass is 19.4. The van der Waals surface area contributed by atoms with Crippen molar-refractivity contribution in [1.82, 2.24) is 10.2 Å². The second kappa shape index (κ2) is 9.52. The molecule has 0 aromatic heterocycles. The lowest BCUT2D eigenvalue weighted by molar-refractivity contribution is -0.137. The monoisotopic (exact) mass is 387 g/mol. The van der Waals surface area contributed by atoms with Gasteiger partial charge in [-0.15, -0.1) is 0 Å². The molecule has 1 heterocycles. The van der Waals surface area contributed by atoms with Gasteiger partial charge in [-0.05, 0) is 23.6 Å². The molecule has 3 unspecified atom stereocenters. The molecule has 1 aliphatic heterocycles. The predicted octanol–water partition coefficient (Wildman–Crippen LogP) is 2.57. The van der Waals surface area contributed by atoms with E-state index in [2.05, 4.69) is 10.2 Å². The minimum atomic E-state index is -4.37. The lowest BCUT2D eigenvalue weighted by atomic mass is 9.98. The van der Waals surface area contributed by atoms with Crippen molar-refractivity contribution >= 4 is 5.91 Å². The van der Waals surface area contributed by atoms with Gasteiger partial charge in [-0.2, -0.15) is 13.2 Å². The van der Waals surface area contributed by atoms with Crippen LogP contribution < -0.4 is 11.1 Å². The van der Waals surface area contributed by atoms with Crippen LogP contribution in [0.3, 0.4) is 0 Å². The third kappa shape index (κ3) is 5.92. The summed E-state index contributed by atoms with van der Waals surface area (Å²) in [4.78, 5) is 14.4. The Labute approximate surface area is 158 Å². The van der Waals surface area contributed by atoms with Crippen LogP contribution in [0.2, 0.25) is 0 Å². The summed E-state index contributed by atoms with van der Waals surface area (Å²) >= 11 is 0. The number of rotatable bonds is 7. The van der Waals surface area contributed by atoms with E-state index in [1.165, 1.54) is 12.1 Å². The Morgan fingerprint density at radius 2 is 1.85 bits per heavy atom. The first kappa shape index (κ1) is 21.7. The zero-order valence-corrected chi connectivity index (χ0v) is 15.8. The van der Waals surface area contributed by atoms with Crippen LogP contribution in [0.5, 0.6) is 0 Å². The summed E-state index contributed by atoms with van der Waals surface area (Å²) in [5, 5.41) is 2.87. The van der Waals surface area contributed by atoms with E-state index in [1.54, 1.807) is 0 Å². The number of nitrogens with zero attached hydrogens (tertiary/aromatic N) is 1. The van der Waals surface area contributed by atoms with E-state index in [9.17, 15) is 18.0 Å². The average molecular weight is 387 g/mol. The Hall–Kier alpha value is -1.64. The van der Waals surface area contributed by atoms with Gasteiger partial charge in [0.2, 0.25) is 5.91 Å². The first-order valence-corrected chi connectivity index (χ1v) is 9.26. The smallest absolute Gasteiger partial charge is 0.379 e. The van der Waals surface area contributed by atoms with Crippen LogP contribution in [0.25, 0.3) is 0 Å². The van der Waals surface area contributed by atoms with E-state index in [0.29, 0.717) is 26.3 Å². The third-order valence-electron chi connectivity index (χ3n) is 5.14. The van der Waals surface area contributed by atoms with Gasteiger partial charge in [0.05, 0.1) is 30.9 Å². The summed E-state index contributed by atoms with van der Waals surface area (Å²) in [5.41, 5.74) is 6.01. The zero-order valence-electron chi connectivity index (χ0n) is 15.8. The molecular formula is C19H28F3N3O2. The Kier molecular flexibility index (Phi) is 7.64. The van der Waals surface area contributed by atoms with Crippen LogP contribution >= 0.6 is 0 Å². The molecule has 0 spiro atoms. The third-order valence-corrected chi connectivity index (χ3v) is 5.14. The van der Waals surface area contributed by atoms with E-state index in [1.807, 2.05) is 13.8 Å². The molecule has 0 aliphatic carbocycles. The van der Waals surface area contributed by atoms with Crippen LogP contribution in [0, 0.1) is 5.92 Å². The molecule has 0 radical (unpaired) electrons. The number of benzene rings is 1. The topological polar surface area (TPSA) is 67.6 Å². The van der Waals surface area contributed by atoms with Crippen molar-refractivity contribution in [3.05, 3.63) is 35.4 Å². The van der Waals surface area contributed by atoms with E-state index in [-0.39, 0.29) is 24.4 Å². The quantitative estimate of drug-likeness (QED) is 0.755. The average Bonchev–Trinajstić information content (AvgIpc) is 2.67. The first-order chi connectivity index (χ1) is 12.7. The summed E-state index contributed by atoms with van der Waals surface area (Å²) in [6.07, 6.45) is -3.58. The number of alkyl halides is 3. The number of amides is 1. The molecule has 1 aliphatic rings. The van der Waals surface area contributed by atoms with E-state index in [4.69, 9.17) is 10.5 Å². The lowest BCUT2D eigenvalue weighted by Crippen LogP contribution is -2.48. The molecule has 8 heteroatoms. The number of carbonyl (C=O) groups is 1. The Morgan fingerprint density at radius 3 is 2.37 bits per heavy atom. The highest BCUT2D eigenvalue weighted by Gasteiger charge is 2.31. The number of halogens is 3. The molecule has 3 N–H and O–H groups in total. The minimum Gasteiger partial charge on any atom is -0.379 e. The van der Waals surface area contributed by atoms with Gasteiger partial charge in [0.25, 0.3) is 0 Å². The van der Waals surface area contributed by atoms with E-state index >= 15 is 0 Å². The number of nitrogens with one attached hydrogen (secondary N) is 1.